The molecule has 1 aromatic heterocycles. The molecule has 1 aromatic rings. The van der Waals surface area contributed by atoms with Crippen LogP contribution in [-0.4, -0.2) is 5.11 Å². The first kappa shape index (κ1) is 7.09. The topological polar surface area (TPSA) is 33.4 Å². The molecule has 1 unspecified atom stereocenters. The fourth-order valence-electron chi connectivity index (χ4n) is 0.683. The summed E-state index contributed by atoms with van der Waals surface area (Å²) < 4.78 is 4.92. The van der Waals surface area contributed by atoms with Gasteiger partial charge in [0.2, 0.25) is 0 Å². The van der Waals surface area contributed by atoms with Gasteiger partial charge in [0.05, 0.1) is 6.26 Å². The number of furan rings is 1. The molecule has 0 bridgehead atoms. The highest BCUT2D eigenvalue weighted by atomic mass is 16.4. The summed E-state index contributed by atoms with van der Waals surface area (Å²) in [7, 11) is 0. The van der Waals surface area contributed by atoms with E-state index in [1.807, 2.05) is 0 Å². The fourth-order valence-corrected chi connectivity index (χ4v) is 0.683. The predicted molar refractivity (Wildman–Crippen MR) is 38.2 cm³/mol. The van der Waals surface area contributed by atoms with Gasteiger partial charge in [0.15, 0.2) is 0 Å². The zero-order valence-electron chi connectivity index (χ0n) is 5.53. The Labute approximate surface area is 59.8 Å². The molecule has 53 valence electrons. The molecule has 2 nitrogen and oxygen atoms in total. The Bertz CT molecular complexity index is 189. The van der Waals surface area contributed by atoms with E-state index in [0.29, 0.717) is 5.76 Å². The zero-order chi connectivity index (χ0) is 7.40. The van der Waals surface area contributed by atoms with Crippen molar-refractivity contribution in [1.82, 2.24) is 0 Å². The number of hydrogen-bond donors (Lipinski definition) is 1. The van der Waals surface area contributed by atoms with E-state index in [1.54, 1.807) is 18.6 Å². The molecule has 0 aliphatic rings. The highest BCUT2D eigenvalue weighted by Crippen LogP contribution is 2.15. The SMILES string of the molecule is C=C[CH]C(O)c1ccco1. The van der Waals surface area contributed by atoms with Gasteiger partial charge < -0.3 is 9.52 Å². The van der Waals surface area contributed by atoms with Crippen LogP contribution in [0.15, 0.2) is 35.5 Å². The third-order valence-electron chi connectivity index (χ3n) is 1.15. The maximum absolute atomic E-state index is 9.19. The predicted octanol–water partition coefficient (Wildman–Crippen LogP) is 1.70. The van der Waals surface area contributed by atoms with Crippen LogP contribution in [0.3, 0.4) is 0 Å². The van der Waals surface area contributed by atoms with E-state index in [2.05, 4.69) is 6.58 Å². The van der Waals surface area contributed by atoms with Crippen LogP contribution in [0.25, 0.3) is 0 Å². The van der Waals surface area contributed by atoms with Gasteiger partial charge in [0.25, 0.3) is 0 Å². The Balaban J connectivity index is 2.58. The van der Waals surface area contributed by atoms with Crippen LogP contribution in [0.1, 0.15) is 11.9 Å². The summed E-state index contributed by atoms with van der Waals surface area (Å²) in [5.41, 5.74) is 0. The van der Waals surface area contributed by atoms with Crippen molar-refractivity contribution < 1.29 is 9.52 Å². The first-order valence-corrected chi connectivity index (χ1v) is 3.02. The van der Waals surface area contributed by atoms with Crippen LogP contribution >= 0.6 is 0 Å². The van der Waals surface area contributed by atoms with Crippen molar-refractivity contribution in [2.45, 2.75) is 6.10 Å². The molecule has 1 radical (unpaired) electrons. The minimum atomic E-state index is -0.660. The summed E-state index contributed by atoms with van der Waals surface area (Å²) in [6, 6.07) is 3.44. The van der Waals surface area contributed by atoms with Crippen molar-refractivity contribution in [2.24, 2.45) is 0 Å². The standard InChI is InChI=1S/C8H9O2/c1-2-4-7(9)8-5-3-6-10-8/h2-7,9H,1H2. The number of hydrogen-bond acceptors (Lipinski definition) is 2. The molecular formula is C8H9O2. The smallest absolute Gasteiger partial charge is 0.132 e. The lowest BCUT2D eigenvalue weighted by Crippen LogP contribution is -1.92. The molecule has 1 N–H and O–H groups in total. The highest BCUT2D eigenvalue weighted by Gasteiger charge is 2.06. The van der Waals surface area contributed by atoms with Gasteiger partial charge in [-0.25, -0.2) is 0 Å². The van der Waals surface area contributed by atoms with E-state index >= 15 is 0 Å². The van der Waals surface area contributed by atoms with E-state index in [4.69, 9.17) is 4.42 Å². The Morgan fingerprint density at radius 3 is 3.00 bits per heavy atom. The Morgan fingerprint density at radius 1 is 1.70 bits per heavy atom. The van der Waals surface area contributed by atoms with Crippen molar-refractivity contribution in [2.75, 3.05) is 0 Å². The quantitative estimate of drug-likeness (QED) is 0.687. The van der Waals surface area contributed by atoms with Crippen LogP contribution in [0.5, 0.6) is 0 Å². The maximum atomic E-state index is 9.19. The lowest BCUT2D eigenvalue weighted by atomic mass is 10.2. The van der Waals surface area contributed by atoms with Gasteiger partial charge in [-0.05, 0) is 12.1 Å². The van der Waals surface area contributed by atoms with Crippen molar-refractivity contribution in [3.8, 4) is 0 Å². The number of aliphatic hydroxyl groups is 1. The fraction of sp³-hybridized carbons (Fsp3) is 0.125. The Hall–Kier alpha value is -1.02. The van der Waals surface area contributed by atoms with Gasteiger partial charge in [-0.3, -0.25) is 0 Å². The second-order valence-corrected chi connectivity index (χ2v) is 1.89. The second-order valence-electron chi connectivity index (χ2n) is 1.89. The minimum absolute atomic E-state index is 0.542. The third kappa shape index (κ3) is 1.48. The first-order valence-electron chi connectivity index (χ1n) is 3.02. The van der Waals surface area contributed by atoms with Crippen molar-refractivity contribution in [3.05, 3.63) is 43.2 Å². The minimum Gasteiger partial charge on any atom is -0.467 e. The molecule has 0 aromatic carbocycles. The zero-order valence-corrected chi connectivity index (χ0v) is 5.53. The molecular weight excluding hydrogens is 128 g/mol. The van der Waals surface area contributed by atoms with E-state index in [-0.39, 0.29) is 0 Å². The van der Waals surface area contributed by atoms with Gasteiger partial charge in [0.1, 0.15) is 11.9 Å². The molecule has 1 atom stereocenters. The molecule has 0 saturated carbocycles. The van der Waals surface area contributed by atoms with Crippen LogP contribution in [-0.2, 0) is 0 Å². The molecule has 1 heterocycles. The van der Waals surface area contributed by atoms with Crippen LogP contribution in [0.2, 0.25) is 0 Å². The Kier molecular flexibility index (Phi) is 2.29. The summed E-state index contributed by atoms with van der Waals surface area (Å²) in [4.78, 5) is 0. The molecule has 1 rings (SSSR count). The van der Waals surface area contributed by atoms with Gasteiger partial charge in [-0.1, -0.05) is 6.08 Å². The average molecular weight is 137 g/mol. The molecule has 0 saturated heterocycles. The summed E-state index contributed by atoms with van der Waals surface area (Å²) in [6.45, 7) is 3.45. The molecule has 0 amide bonds. The summed E-state index contributed by atoms with van der Waals surface area (Å²) in [6.07, 6.45) is 3.95. The van der Waals surface area contributed by atoms with E-state index in [1.165, 1.54) is 12.3 Å². The van der Waals surface area contributed by atoms with Crippen LogP contribution in [0, 0.1) is 6.42 Å². The lowest BCUT2D eigenvalue weighted by Gasteiger charge is -2.00. The van der Waals surface area contributed by atoms with Gasteiger partial charge in [-0.2, -0.15) is 0 Å². The summed E-state index contributed by atoms with van der Waals surface area (Å²) in [5.74, 6) is 0.542. The largest absolute Gasteiger partial charge is 0.467 e. The molecule has 0 aliphatic heterocycles. The molecule has 0 spiro atoms. The normalized spacial score (nSPS) is 12.9. The average Bonchev–Trinajstić information content (AvgIpc) is 2.38. The monoisotopic (exact) mass is 137 g/mol. The first-order chi connectivity index (χ1) is 4.84. The molecule has 0 aliphatic carbocycles. The molecule has 0 fully saturated rings. The lowest BCUT2D eigenvalue weighted by molar-refractivity contribution is 0.185. The van der Waals surface area contributed by atoms with E-state index < -0.39 is 6.10 Å². The van der Waals surface area contributed by atoms with Crippen LogP contribution in [0.4, 0.5) is 0 Å². The maximum Gasteiger partial charge on any atom is 0.132 e. The van der Waals surface area contributed by atoms with Crippen molar-refractivity contribution in [3.63, 3.8) is 0 Å². The van der Waals surface area contributed by atoms with E-state index in [0.717, 1.165) is 0 Å². The highest BCUT2D eigenvalue weighted by molar-refractivity contribution is 5.09. The summed E-state index contributed by atoms with van der Waals surface area (Å²) in [5, 5.41) is 9.19. The third-order valence-corrected chi connectivity index (χ3v) is 1.15. The van der Waals surface area contributed by atoms with Crippen molar-refractivity contribution in [1.29, 1.82) is 0 Å². The summed E-state index contributed by atoms with van der Waals surface area (Å²) >= 11 is 0. The van der Waals surface area contributed by atoms with E-state index in [9.17, 15) is 5.11 Å². The molecule has 10 heavy (non-hydrogen) atoms. The second kappa shape index (κ2) is 3.22. The van der Waals surface area contributed by atoms with Gasteiger partial charge in [0, 0.05) is 6.42 Å². The number of aliphatic hydroxyl groups excluding tert-OH is 1. The van der Waals surface area contributed by atoms with Gasteiger partial charge in [-0.15, -0.1) is 6.58 Å². The van der Waals surface area contributed by atoms with Crippen molar-refractivity contribution >= 4 is 0 Å². The Morgan fingerprint density at radius 2 is 2.50 bits per heavy atom. The number of rotatable bonds is 3. The van der Waals surface area contributed by atoms with Crippen LogP contribution < -0.4 is 0 Å². The van der Waals surface area contributed by atoms with Gasteiger partial charge >= 0.3 is 0 Å². The molecule has 2 heteroatoms.